The Morgan fingerprint density at radius 3 is 2.50 bits per heavy atom. The summed E-state index contributed by atoms with van der Waals surface area (Å²) < 4.78 is 12.2. The van der Waals surface area contributed by atoms with Crippen molar-refractivity contribution in [1.29, 1.82) is 0 Å². The van der Waals surface area contributed by atoms with Crippen molar-refractivity contribution < 1.29 is 13.9 Å². The van der Waals surface area contributed by atoms with Crippen molar-refractivity contribution >= 4 is 39.5 Å². The Labute approximate surface area is 158 Å². The summed E-state index contributed by atoms with van der Waals surface area (Å²) in [5, 5.41) is 0.925. The van der Waals surface area contributed by atoms with Gasteiger partial charge in [-0.25, -0.2) is 4.79 Å². The van der Waals surface area contributed by atoms with Crippen molar-refractivity contribution in [2.45, 2.75) is 27.7 Å². The van der Waals surface area contributed by atoms with Crippen LogP contribution in [-0.4, -0.2) is 42.5 Å². The number of benzene rings is 1. The second-order valence-corrected chi connectivity index (χ2v) is 8.42. The summed E-state index contributed by atoms with van der Waals surface area (Å²) in [6.45, 7) is 9.47. The normalized spacial score (nSPS) is 11.3. The summed E-state index contributed by atoms with van der Waals surface area (Å²) >= 11 is 2.29. The molecule has 2 rings (SSSR count). The van der Waals surface area contributed by atoms with Crippen molar-refractivity contribution in [3.05, 3.63) is 35.6 Å². The Morgan fingerprint density at radius 1 is 1.29 bits per heavy atom. The third-order valence-electron chi connectivity index (χ3n) is 3.21. The zero-order valence-corrected chi connectivity index (χ0v) is 17.6. The van der Waals surface area contributed by atoms with Gasteiger partial charge < -0.3 is 14.1 Å². The summed E-state index contributed by atoms with van der Waals surface area (Å²) in [6, 6.07) is 7.56. The molecule has 0 spiro atoms. The molecule has 1 aromatic carbocycles. The van der Waals surface area contributed by atoms with Crippen molar-refractivity contribution in [3.8, 4) is 0 Å². The number of halogens is 1. The molecule has 0 aliphatic heterocycles. The first kappa shape index (κ1) is 21.0. The highest BCUT2D eigenvalue weighted by molar-refractivity contribution is 14.1. The van der Waals surface area contributed by atoms with E-state index in [9.17, 15) is 4.79 Å². The summed E-state index contributed by atoms with van der Waals surface area (Å²) in [5.41, 5.74) is 1.75. The number of carbonyl (C=O) groups excluding carboxylic acids is 1. The number of hydrogen-bond acceptors (Lipinski definition) is 4. The van der Waals surface area contributed by atoms with Crippen LogP contribution < -0.4 is 0 Å². The molecule has 24 heavy (non-hydrogen) atoms. The number of ether oxygens (including phenoxy) is 1. The summed E-state index contributed by atoms with van der Waals surface area (Å²) in [5.74, 6) is -0.146. The van der Waals surface area contributed by atoms with Gasteiger partial charge in [0.15, 0.2) is 0 Å². The molecule has 5 heteroatoms. The number of furan rings is 1. The molecule has 0 aliphatic carbocycles. The van der Waals surface area contributed by atoms with Crippen LogP contribution in [0.25, 0.3) is 11.0 Å². The fraction of sp³-hybridized carbons (Fsp3) is 0.526. The molecule has 1 heterocycles. The maximum Gasteiger partial charge on any atom is 0.374 e. The van der Waals surface area contributed by atoms with E-state index in [1.165, 1.54) is 4.43 Å². The van der Waals surface area contributed by atoms with Gasteiger partial charge in [-0.05, 0) is 43.6 Å². The highest BCUT2D eigenvalue weighted by atomic mass is 127. The molecule has 4 nitrogen and oxygen atoms in total. The maximum absolute atomic E-state index is 12.1. The lowest BCUT2D eigenvalue weighted by Gasteiger charge is -2.27. The minimum absolute atomic E-state index is 0.0955. The zero-order valence-electron chi connectivity index (χ0n) is 15.5. The monoisotopic (exact) mass is 445 g/mol. The Bertz CT molecular complexity index is 662. The Kier molecular flexibility index (Phi) is 8.22. The van der Waals surface area contributed by atoms with E-state index >= 15 is 0 Å². The molecule has 0 amide bonds. The third-order valence-corrected chi connectivity index (χ3v) is 3.21. The van der Waals surface area contributed by atoms with Crippen LogP contribution >= 0.6 is 22.6 Å². The molecular weight excluding hydrogens is 417 g/mol. The van der Waals surface area contributed by atoms with Gasteiger partial charge >= 0.3 is 5.97 Å². The van der Waals surface area contributed by atoms with Crippen molar-refractivity contribution in [2.24, 2.45) is 5.41 Å². The standard InChI is InChI=1S/C17H23NO3.C2H5I/c1-12-6-7-14-13(8-12)9-15(21-14)16(19)20-11-17(2,3)10-18(4)5;1-2-3/h6-9H,10-11H2,1-5H3;2H2,1H3. The van der Waals surface area contributed by atoms with Crippen LogP contribution in [-0.2, 0) is 4.74 Å². The molecule has 0 aliphatic rings. The predicted molar refractivity (Wildman–Crippen MR) is 108 cm³/mol. The molecule has 2 aromatic rings. The first-order chi connectivity index (χ1) is 11.2. The average Bonchev–Trinajstić information content (AvgIpc) is 2.87. The van der Waals surface area contributed by atoms with Crippen LogP contribution in [0.1, 0.15) is 36.9 Å². The highest BCUT2D eigenvalue weighted by Crippen LogP contribution is 2.22. The third kappa shape index (κ3) is 6.81. The van der Waals surface area contributed by atoms with Crippen LogP contribution in [0.4, 0.5) is 0 Å². The molecule has 0 radical (unpaired) electrons. The van der Waals surface area contributed by atoms with Gasteiger partial charge in [0.2, 0.25) is 5.76 Å². The lowest BCUT2D eigenvalue weighted by Crippen LogP contribution is -2.33. The number of esters is 1. The van der Waals surface area contributed by atoms with Gasteiger partial charge in [-0.2, -0.15) is 0 Å². The fourth-order valence-electron chi connectivity index (χ4n) is 2.50. The molecule has 0 N–H and O–H groups in total. The summed E-state index contributed by atoms with van der Waals surface area (Å²) in [6.07, 6.45) is 0. The lowest BCUT2D eigenvalue weighted by atomic mass is 9.94. The molecule has 0 unspecified atom stereocenters. The van der Waals surface area contributed by atoms with E-state index < -0.39 is 5.97 Å². The largest absolute Gasteiger partial charge is 0.459 e. The molecule has 0 bridgehead atoms. The number of fused-ring (bicyclic) bond motifs is 1. The summed E-state index contributed by atoms with van der Waals surface area (Å²) in [4.78, 5) is 14.2. The zero-order chi connectivity index (χ0) is 18.3. The van der Waals surface area contributed by atoms with Gasteiger partial charge in [-0.3, -0.25) is 0 Å². The number of hydrogen-bond donors (Lipinski definition) is 0. The van der Waals surface area contributed by atoms with Gasteiger partial charge in [0.1, 0.15) is 5.58 Å². The fourth-order valence-corrected chi connectivity index (χ4v) is 2.50. The van der Waals surface area contributed by atoms with E-state index in [0.29, 0.717) is 12.2 Å². The van der Waals surface area contributed by atoms with Crippen LogP contribution in [0.15, 0.2) is 28.7 Å². The Morgan fingerprint density at radius 2 is 1.92 bits per heavy atom. The topological polar surface area (TPSA) is 42.7 Å². The number of nitrogens with zero attached hydrogens (tertiary/aromatic N) is 1. The van der Waals surface area contributed by atoms with E-state index in [1.54, 1.807) is 6.07 Å². The second kappa shape index (κ2) is 9.42. The quantitative estimate of drug-likeness (QED) is 0.372. The Balaban J connectivity index is 0.000000891. The van der Waals surface area contributed by atoms with Gasteiger partial charge in [0.25, 0.3) is 0 Å². The minimum atomic E-state index is -0.407. The smallest absolute Gasteiger partial charge is 0.374 e. The van der Waals surface area contributed by atoms with Crippen LogP contribution in [0.5, 0.6) is 0 Å². The molecular formula is C19H28INO3. The molecule has 0 saturated heterocycles. The molecule has 0 atom stereocenters. The van der Waals surface area contributed by atoms with E-state index in [2.05, 4.69) is 48.3 Å². The van der Waals surface area contributed by atoms with Crippen LogP contribution in [0.2, 0.25) is 0 Å². The number of rotatable bonds is 5. The van der Waals surface area contributed by atoms with Crippen molar-refractivity contribution in [2.75, 3.05) is 31.7 Å². The van der Waals surface area contributed by atoms with Crippen LogP contribution in [0, 0.1) is 12.3 Å². The van der Waals surface area contributed by atoms with E-state index in [4.69, 9.17) is 9.15 Å². The van der Waals surface area contributed by atoms with Gasteiger partial charge in [0.05, 0.1) is 6.61 Å². The lowest BCUT2D eigenvalue weighted by molar-refractivity contribution is 0.0267. The van der Waals surface area contributed by atoms with E-state index in [1.807, 2.05) is 39.2 Å². The minimum Gasteiger partial charge on any atom is -0.459 e. The van der Waals surface area contributed by atoms with Crippen LogP contribution in [0.3, 0.4) is 0 Å². The van der Waals surface area contributed by atoms with E-state index in [0.717, 1.165) is 17.5 Å². The molecule has 0 saturated carbocycles. The maximum atomic E-state index is 12.1. The highest BCUT2D eigenvalue weighted by Gasteiger charge is 2.23. The van der Waals surface area contributed by atoms with Gasteiger partial charge in [-0.1, -0.05) is 55.0 Å². The number of aryl methyl sites for hydroxylation is 1. The second-order valence-electron chi connectivity index (χ2n) is 6.90. The molecule has 1 aromatic heterocycles. The Hall–Kier alpha value is -1.08. The SMILES string of the molecule is CCI.Cc1ccc2oc(C(=O)OCC(C)(C)CN(C)C)cc2c1. The average molecular weight is 445 g/mol. The number of alkyl halides is 1. The molecule has 134 valence electrons. The summed E-state index contributed by atoms with van der Waals surface area (Å²) in [7, 11) is 4.01. The number of carbonyl (C=O) groups is 1. The van der Waals surface area contributed by atoms with E-state index in [-0.39, 0.29) is 11.2 Å². The first-order valence-corrected chi connectivity index (χ1v) is 9.59. The van der Waals surface area contributed by atoms with Gasteiger partial charge in [-0.15, -0.1) is 0 Å². The van der Waals surface area contributed by atoms with Crippen molar-refractivity contribution in [1.82, 2.24) is 4.90 Å². The molecule has 0 fully saturated rings. The van der Waals surface area contributed by atoms with Crippen molar-refractivity contribution in [3.63, 3.8) is 0 Å². The van der Waals surface area contributed by atoms with Gasteiger partial charge in [0, 0.05) is 17.3 Å². The predicted octanol–water partition coefficient (Wildman–Crippen LogP) is 4.93. The first-order valence-electron chi connectivity index (χ1n) is 8.06.